The fourth-order valence-electron chi connectivity index (χ4n) is 0.736. The molecule has 0 aromatic carbocycles. The molecule has 0 amide bonds. The highest BCUT2D eigenvalue weighted by atomic mass is 16.4. The number of aromatic amines is 1. The Labute approximate surface area is 60.6 Å². The molecule has 0 atom stereocenters. The summed E-state index contributed by atoms with van der Waals surface area (Å²) < 4.78 is 9.53. The zero-order chi connectivity index (χ0) is 7.68. The van der Waals surface area contributed by atoms with E-state index in [1.807, 2.05) is 0 Å². The summed E-state index contributed by atoms with van der Waals surface area (Å²) in [5.74, 6) is 0.0137. The summed E-state index contributed by atoms with van der Waals surface area (Å²) in [6.45, 7) is 0. The highest BCUT2D eigenvalue weighted by Crippen LogP contribution is 2.13. The van der Waals surface area contributed by atoms with Crippen molar-refractivity contribution < 1.29 is 8.83 Å². The average molecular weight is 152 g/mol. The van der Waals surface area contributed by atoms with Crippen molar-refractivity contribution in [1.29, 1.82) is 0 Å². The van der Waals surface area contributed by atoms with Gasteiger partial charge in [-0.1, -0.05) is 0 Å². The minimum Gasteiger partial charge on any atom is -0.459 e. The summed E-state index contributed by atoms with van der Waals surface area (Å²) in [5.41, 5.74) is 0. The zero-order valence-electron chi connectivity index (χ0n) is 5.40. The monoisotopic (exact) mass is 152 g/mol. The van der Waals surface area contributed by atoms with Crippen molar-refractivity contribution in [2.75, 3.05) is 0 Å². The molecule has 2 aromatic rings. The zero-order valence-corrected chi connectivity index (χ0v) is 5.40. The lowest BCUT2D eigenvalue weighted by Crippen LogP contribution is -1.93. The van der Waals surface area contributed by atoms with Gasteiger partial charge in [0.05, 0.1) is 6.26 Å². The number of nitrogens with zero attached hydrogens (tertiary/aromatic N) is 1. The van der Waals surface area contributed by atoms with Crippen LogP contribution >= 0.6 is 0 Å². The first-order valence-electron chi connectivity index (χ1n) is 2.95. The molecule has 2 aromatic heterocycles. The van der Waals surface area contributed by atoms with E-state index in [-0.39, 0.29) is 5.89 Å². The molecule has 2 rings (SSSR count). The first-order valence-corrected chi connectivity index (χ1v) is 2.95. The van der Waals surface area contributed by atoms with Crippen molar-refractivity contribution in [2.45, 2.75) is 0 Å². The topological polar surface area (TPSA) is 72.0 Å². The van der Waals surface area contributed by atoms with E-state index in [1.54, 1.807) is 12.1 Å². The number of nitrogens with one attached hydrogen (secondary N) is 1. The molecule has 0 unspecified atom stereocenters. The van der Waals surface area contributed by atoms with Crippen molar-refractivity contribution in [3.63, 3.8) is 0 Å². The number of H-pyrrole nitrogens is 1. The molecule has 2 heterocycles. The van der Waals surface area contributed by atoms with Gasteiger partial charge in [-0.05, 0) is 12.1 Å². The predicted octanol–water partition coefficient (Wildman–Crippen LogP) is 0.623. The molecule has 5 nitrogen and oxygen atoms in total. The summed E-state index contributed by atoms with van der Waals surface area (Å²) in [7, 11) is 0. The first-order chi connectivity index (χ1) is 5.36. The van der Waals surface area contributed by atoms with Crippen LogP contribution in [0.4, 0.5) is 0 Å². The molecule has 0 radical (unpaired) electrons. The van der Waals surface area contributed by atoms with Crippen LogP contribution in [0, 0.1) is 0 Å². The fraction of sp³-hybridized carbons (Fsp3) is 0. The third-order valence-corrected chi connectivity index (χ3v) is 1.17. The molecule has 56 valence electrons. The summed E-state index contributed by atoms with van der Waals surface area (Å²) >= 11 is 0. The summed E-state index contributed by atoms with van der Waals surface area (Å²) in [6.07, 6.45) is 1.48. The van der Waals surface area contributed by atoms with Gasteiger partial charge in [0.2, 0.25) is 0 Å². The lowest BCUT2D eigenvalue weighted by Gasteiger charge is -1.81. The second-order valence-corrected chi connectivity index (χ2v) is 1.90. The van der Waals surface area contributed by atoms with E-state index < -0.39 is 5.76 Å². The van der Waals surface area contributed by atoms with Crippen LogP contribution in [0.5, 0.6) is 0 Å². The first kappa shape index (κ1) is 5.96. The maximum Gasteiger partial charge on any atom is 0.434 e. The smallest absolute Gasteiger partial charge is 0.434 e. The van der Waals surface area contributed by atoms with Gasteiger partial charge in [0.25, 0.3) is 5.89 Å². The van der Waals surface area contributed by atoms with E-state index in [2.05, 4.69) is 14.6 Å². The summed E-state index contributed by atoms with van der Waals surface area (Å²) in [6, 6.07) is 3.34. The second-order valence-electron chi connectivity index (χ2n) is 1.90. The van der Waals surface area contributed by atoms with Crippen molar-refractivity contribution in [3.8, 4) is 11.7 Å². The number of hydrogen-bond acceptors (Lipinski definition) is 4. The molecule has 0 aliphatic carbocycles. The lowest BCUT2D eigenvalue weighted by molar-refractivity contribution is 0.492. The maximum atomic E-state index is 10.5. The average Bonchev–Trinajstić information content (AvgIpc) is 2.55. The van der Waals surface area contributed by atoms with Gasteiger partial charge in [0.1, 0.15) is 0 Å². The molecule has 0 fully saturated rings. The highest BCUT2D eigenvalue weighted by Gasteiger charge is 2.05. The molecule has 0 saturated heterocycles. The van der Waals surface area contributed by atoms with Crippen LogP contribution in [-0.2, 0) is 0 Å². The Morgan fingerprint density at radius 2 is 2.45 bits per heavy atom. The number of aromatic nitrogens is 2. The van der Waals surface area contributed by atoms with E-state index in [0.29, 0.717) is 5.76 Å². The van der Waals surface area contributed by atoms with E-state index in [4.69, 9.17) is 4.42 Å². The van der Waals surface area contributed by atoms with Gasteiger partial charge in [0.15, 0.2) is 5.76 Å². The molecule has 11 heavy (non-hydrogen) atoms. The normalized spacial score (nSPS) is 10.2. The number of hydrogen-bond donors (Lipinski definition) is 1. The lowest BCUT2D eigenvalue weighted by atomic mass is 10.5. The van der Waals surface area contributed by atoms with Crippen LogP contribution in [0.3, 0.4) is 0 Å². The Bertz CT molecular complexity index is 384. The maximum absolute atomic E-state index is 10.5. The van der Waals surface area contributed by atoms with Crippen molar-refractivity contribution >= 4 is 0 Å². The Kier molecular flexibility index (Phi) is 1.15. The van der Waals surface area contributed by atoms with Gasteiger partial charge in [0, 0.05) is 0 Å². The van der Waals surface area contributed by atoms with E-state index >= 15 is 0 Å². The van der Waals surface area contributed by atoms with Crippen LogP contribution in [0.2, 0.25) is 0 Å². The van der Waals surface area contributed by atoms with Crippen molar-refractivity contribution in [3.05, 3.63) is 28.9 Å². The van der Waals surface area contributed by atoms with Crippen molar-refractivity contribution in [1.82, 2.24) is 10.2 Å². The molecule has 0 spiro atoms. The van der Waals surface area contributed by atoms with Gasteiger partial charge in [-0.2, -0.15) is 0 Å². The largest absolute Gasteiger partial charge is 0.459 e. The molecular formula is C6H4N2O3. The third-order valence-electron chi connectivity index (χ3n) is 1.17. The third kappa shape index (κ3) is 0.958. The van der Waals surface area contributed by atoms with Crippen LogP contribution in [0.1, 0.15) is 0 Å². The van der Waals surface area contributed by atoms with Gasteiger partial charge < -0.3 is 8.83 Å². The van der Waals surface area contributed by atoms with E-state index in [0.717, 1.165) is 0 Å². The van der Waals surface area contributed by atoms with Gasteiger partial charge in [-0.25, -0.2) is 9.89 Å². The number of rotatable bonds is 1. The minimum absolute atomic E-state index is 0.167. The Morgan fingerprint density at radius 1 is 1.55 bits per heavy atom. The SMILES string of the molecule is O=c1[nH]nc(-c2ccco2)o1. The molecule has 0 saturated carbocycles. The predicted molar refractivity (Wildman–Crippen MR) is 34.8 cm³/mol. The van der Waals surface area contributed by atoms with Gasteiger partial charge in [-0.15, -0.1) is 5.10 Å². The van der Waals surface area contributed by atoms with Crippen LogP contribution in [0.15, 0.2) is 32.0 Å². The molecule has 5 heteroatoms. The van der Waals surface area contributed by atoms with Crippen LogP contribution in [0.25, 0.3) is 11.7 Å². The molecular weight excluding hydrogens is 148 g/mol. The number of furan rings is 1. The van der Waals surface area contributed by atoms with Gasteiger partial charge in [-0.3, -0.25) is 0 Å². The second kappa shape index (κ2) is 2.12. The molecule has 1 N–H and O–H groups in total. The van der Waals surface area contributed by atoms with E-state index in [9.17, 15) is 4.79 Å². The van der Waals surface area contributed by atoms with Crippen LogP contribution < -0.4 is 5.76 Å². The summed E-state index contributed by atoms with van der Waals surface area (Å²) in [5, 5.41) is 5.68. The molecule has 0 bridgehead atoms. The van der Waals surface area contributed by atoms with Crippen molar-refractivity contribution in [2.24, 2.45) is 0 Å². The quantitative estimate of drug-likeness (QED) is 0.650. The summed E-state index contributed by atoms with van der Waals surface area (Å²) in [4.78, 5) is 10.5. The van der Waals surface area contributed by atoms with Gasteiger partial charge >= 0.3 is 5.76 Å². The highest BCUT2D eigenvalue weighted by molar-refractivity contribution is 5.41. The fourth-order valence-corrected chi connectivity index (χ4v) is 0.736. The molecule has 0 aliphatic rings. The Hall–Kier alpha value is -1.78. The Balaban J connectivity index is 2.53. The molecule has 0 aliphatic heterocycles. The minimum atomic E-state index is -0.587. The van der Waals surface area contributed by atoms with E-state index in [1.165, 1.54) is 6.26 Å². The standard InChI is InChI=1S/C6H4N2O3/c9-6-8-7-5(11-6)4-2-1-3-10-4/h1-3H,(H,8,9). The van der Waals surface area contributed by atoms with Crippen LogP contribution in [-0.4, -0.2) is 10.2 Å². The Morgan fingerprint density at radius 3 is 3.00 bits per heavy atom.